The molecule has 6 nitrogen and oxygen atoms in total. The highest BCUT2D eigenvalue weighted by atomic mass is 35.5. The van der Waals surface area contributed by atoms with Gasteiger partial charge in [0.05, 0.1) is 22.9 Å². The Morgan fingerprint density at radius 2 is 2.22 bits per heavy atom. The third-order valence-corrected chi connectivity index (χ3v) is 2.74. The molecule has 0 aliphatic heterocycles. The summed E-state index contributed by atoms with van der Waals surface area (Å²) in [6.07, 6.45) is -0.672. The number of aliphatic hydroxyl groups is 1. The number of rotatable bonds is 4. The number of fused-ring (bicyclic) bond motifs is 1. The maximum atomic E-state index is 11.5. The van der Waals surface area contributed by atoms with Crippen molar-refractivity contribution in [2.45, 2.75) is 6.10 Å². The van der Waals surface area contributed by atoms with Gasteiger partial charge in [-0.25, -0.2) is 9.59 Å². The van der Waals surface area contributed by atoms with Gasteiger partial charge in [-0.15, -0.1) is 11.6 Å². The number of aromatic amines is 1. The number of alkyl halides is 1. The topological polar surface area (TPSA) is 95.3 Å². The fraction of sp³-hybridized carbons (Fsp3) is 0.273. The van der Waals surface area contributed by atoms with Gasteiger partial charge in [0, 0.05) is 12.2 Å². The minimum atomic E-state index is -0.786. The monoisotopic (exact) mass is 270 g/mol. The van der Waals surface area contributed by atoms with Gasteiger partial charge in [0.15, 0.2) is 0 Å². The van der Waals surface area contributed by atoms with E-state index in [9.17, 15) is 14.7 Å². The number of nitrogens with one attached hydrogen (secondary N) is 2. The standard InChI is InChI=1S/C11H11ClN2O4/c12-4-7(15)5-13-6-1-2-9-8(3-6)10(16)18-11(17)14-9/h1-3,7,13,15H,4-5H2,(H,14,17). The number of benzene rings is 1. The van der Waals surface area contributed by atoms with Gasteiger partial charge < -0.3 is 14.8 Å². The average molecular weight is 271 g/mol. The lowest BCUT2D eigenvalue weighted by Gasteiger charge is -2.10. The van der Waals surface area contributed by atoms with E-state index in [4.69, 9.17) is 11.6 Å². The predicted molar refractivity (Wildman–Crippen MR) is 68.3 cm³/mol. The lowest BCUT2D eigenvalue weighted by atomic mass is 10.2. The summed E-state index contributed by atoms with van der Waals surface area (Å²) in [5.41, 5.74) is 0.334. The van der Waals surface area contributed by atoms with Gasteiger partial charge in [-0.2, -0.15) is 0 Å². The third kappa shape index (κ3) is 2.72. The third-order valence-electron chi connectivity index (χ3n) is 2.38. The molecule has 7 heteroatoms. The van der Waals surface area contributed by atoms with Crippen LogP contribution in [0.3, 0.4) is 0 Å². The zero-order chi connectivity index (χ0) is 13.1. The number of H-pyrrole nitrogens is 1. The van der Waals surface area contributed by atoms with Gasteiger partial charge in [0.2, 0.25) is 0 Å². The van der Waals surface area contributed by atoms with Gasteiger partial charge in [0.25, 0.3) is 0 Å². The number of hydrogen-bond acceptors (Lipinski definition) is 5. The quantitative estimate of drug-likeness (QED) is 0.703. The smallest absolute Gasteiger partial charge is 0.390 e. The van der Waals surface area contributed by atoms with E-state index in [2.05, 4.69) is 14.7 Å². The molecule has 0 aliphatic rings. The summed E-state index contributed by atoms with van der Waals surface area (Å²) < 4.78 is 4.43. The van der Waals surface area contributed by atoms with E-state index in [-0.39, 0.29) is 17.8 Å². The van der Waals surface area contributed by atoms with Crippen LogP contribution in [0.5, 0.6) is 0 Å². The fourth-order valence-electron chi connectivity index (χ4n) is 1.50. The lowest BCUT2D eigenvalue weighted by molar-refractivity contribution is 0.211. The summed E-state index contributed by atoms with van der Waals surface area (Å²) in [5.74, 6) is -0.665. The van der Waals surface area contributed by atoms with Crippen molar-refractivity contribution in [2.75, 3.05) is 17.7 Å². The summed E-state index contributed by atoms with van der Waals surface area (Å²) in [6.45, 7) is 0.268. The molecule has 0 fully saturated rings. The Labute approximate surface area is 106 Å². The number of hydrogen-bond donors (Lipinski definition) is 3. The molecule has 1 atom stereocenters. The van der Waals surface area contributed by atoms with Crippen molar-refractivity contribution in [3.8, 4) is 0 Å². The van der Waals surface area contributed by atoms with Crippen LogP contribution in [0.4, 0.5) is 5.69 Å². The molecule has 18 heavy (non-hydrogen) atoms. The van der Waals surface area contributed by atoms with E-state index < -0.39 is 17.5 Å². The molecule has 0 amide bonds. The molecule has 1 aromatic carbocycles. The van der Waals surface area contributed by atoms with Crippen molar-refractivity contribution < 1.29 is 9.52 Å². The number of anilines is 1. The van der Waals surface area contributed by atoms with Crippen LogP contribution in [0.2, 0.25) is 0 Å². The molecule has 1 unspecified atom stereocenters. The van der Waals surface area contributed by atoms with E-state index in [1.807, 2.05) is 0 Å². The first-order valence-corrected chi connectivity index (χ1v) is 5.78. The lowest BCUT2D eigenvalue weighted by Crippen LogP contribution is -2.21. The van der Waals surface area contributed by atoms with Crippen molar-refractivity contribution in [2.24, 2.45) is 0 Å². The maximum absolute atomic E-state index is 11.5. The van der Waals surface area contributed by atoms with Gasteiger partial charge in [-0.05, 0) is 18.2 Å². The van der Waals surface area contributed by atoms with Crippen molar-refractivity contribution in [1.82, 2.24) is 4.98 Å². The summed E-state index contributed by atoms with van der Waals surface area (Å²) in [4.78, 5) is 24.8. The molecular weight excluding hydrogens is 260 g/mol. The molecule has 1 heterocycles. The Hall–Kier alpha value is -1.79. The van der Waals surface area contributed by atoms with E-state index in [0.29, 0.717) is 11.2 Å². The Kier molecular flexibility index (Phi) is 3.69. The molecule has 0 aliphatic carbocycles. The van der Waals surface area contributed by atoms with Gasteiger partial charge in [-0.3, -0.25) is 4.98 Å². The van der Waals surface area contributed by atoms with Crippen LogP contribution >= 0.6 is 11.6 Å². The first kappa shape index (κ1) is 12.7. The number of aromatic nitrogens is 1. The van der Waals surface area contributed by atoms with Gasteiger partial charge in [0.1, 0.15) is 0 Å². The molecule has 3 N–H and O–H groups in total. The Balaban J connectivity index is 2.33. The fourth-order valence-corrected chi connectivity index (χ4v) is 1.61. The highest BCUT2D eigenvalue weighted by molar-refractivity contribution is 6.18. The highest BCUT2D eigenvalue weighted by Gasteiger charge is 2.05. The minimum Gasteiger partial charge on any atom is -0.390 e. The molecule has 96 valence electrons. The predicted octanol–water partition coefficient (Wildman–Crippen LogP) is 0.493. The van der Waals surface area contributed by atoms with Crippen LogP contribution in [-0.4, -0.2) is 28.6 Å². The van der Waals surface area contributed by atoms with Crippen LogP contribution in [0.25, 0.3) is 10.9 Å². The molecule has 0 radical (unpaired) electrons. The van der Waals surface area contributed by atoms with E-state index >= 15 is 0 Å². The van der Waals surface area contributed by atoms with Gasteiger partial charge >= 0.3 is 11.4 Å². The van der Waals surface area contributed by atoms with Gasteiger partial charge in [-0.1, -0.05) is 0 Å². The van der Waals surface area contributed by atoms with Crippen LogP contribution in [0.15, 0.2) is 32.2 Å². The zero-order valence-electron chi connectivity index (χ0n) is 9.27. The SMILES string of the molecule is O=c1[nH]c2ccc(NCC(O)CCl)cc2c(=O)o1. The van der Waals surface area contributed by atoms with Crippen molar-refractivity contribution >= 4 is 28.2 Å². The molecule has 0 bridgehead atoms. The normalized spacial score (nSPS) is 12.6. The average Bonchev–Trinajstić information content (AvgIpc) is 2.36. The minimum absolute atomic E-state index is 0.121. The first-order chi connectivity index (χ1) is 8.60. The summed E-state index contributed by atoms with van der Waals surface area (Å²) in [6, 6.07) is 4.81. The maximum Gasteiger partial charge on any atom is 0.419 e. The van der Waals surface area contributed by atoms with Crippen LogP contribution in [-0.2, 0) is 0 Å². The number of aliphatic hydroxyl groups excluding tert-OH is 1. The van der Waals surface area contributed by atoms with E-state index in [1.54, 1.807) is 12.1 Å². The molecule has 2 aromatic rings. The molecule has 0 saturated carbocycles. The highest BCUT2D eigenvalue weighted by Crippen LogP contribution is 2.13. The largest absolute Gasteiger partial charge is 0.419 e. The Morgan fingerprint density at radius 3 is 2.94 bits per heavy atom. The number of halogens is 1. The Morgan fingerprint density at radius 1 is 1.44 bits per heavy atom. The Bertz CT molecular complexity index is 664. The van der Waals surface area contributed by atoms with E-state index in [1.165, 1.54) is 6.07 Å². The van der Waals surface area contributed by atoms with Crippen molar-refractivity contribution in [3.05, 3.63) is 39.2 Å². The molecule has 1 aromatic heterocycles. The molecular formula is C11H11ClN2O4. The van der Waals surface area contributed by atoms with Crippen LogP contribution in [0.1, 0.15) is 0 Å². The summed E-state index contributed by atoms with van der Waals surface area (Å²) in [7, 11) is 0. The van der Waals surface area contributed by atoms with Crippen LogP contribution in [0, 0.1) is 0 Å². The second-order valence-electron chi connectivity index (χ2n) is 3.75. The zero-order valence-corrected chi connectivity index (χ0v) is 10.0. The summed E-state index contributed by atoms with van der Waals surface area (Å²) in [5, 5.41) is 12.5. The second kappa shape index (κ2) is 5.24. The second-order valence-corrected chi connectivity index (χ2v) is 4.06. The summed E-state index contributed by atoms with van der Waals surface area (Å²) >= 11 is 5.46. The van der Waals surface area contributed by atoms with Crippen molar-refractivity contribution in [3.63, 3.8) is 0 Å². The van der Waals surface area contributed by atoms with E-state index in [0.717, 1.165) is 0 Å². The molecule has 0 saturated heterocycles. The van der Waals surface area contributed by atoms with Crippen LogP contribution < -0.4 is 16.7 Å². The molecule has 2 rings (SSSR count). The van der Waals surface area contributed by atoms with Crippen molar-refractivity contribution in [1.29, 1.82) is 0 Å². The first-order valence-electron chi connectivity index (χ1n) is 5.25. The molecule has 0 spiro atoms.